The maximum atomic E-state index is 13.1. The number of nitrogens with zero attached hydrogens (tertiary/aromatic N) is 3. The Morgan fingerprint density at radius 2 is 1.91 bits per heavy atom. The van der Waals surface area contributed by atoms with Crippen LogP contribution in [0.25, 0.3) is 0 Å². The van der Waals surface area contributed by atoms with Crippen LogP contribution in [0.2, 0.25) is 0 Å². The largest absolute Gasteiger partial charge is 0.490 e. The lowest BCUT2D eigenvalue weighted by molar-refractivity contribution is -0.131. The van der Waals surface area contributed by atoms with Crippen LogP contribution in [0.4, 0.5) is 15.9 Å². The molecule has 2 aromatic heterocycles. The fourth-order valence-electron chi connectivity index (χ4n) is 4.24. The molecular formula is C25H25FN4O3. The molecule has 0 unspecified atom stereocenters. The normalized spacial score (nSPS) is 17.5. The zero-order valence-electron chi connectivity index (χ0n) is 18.2. The Labute approximate surface area is 191 Å². The number of pyridine rings is 2. The maximum Gasteiger partial charge on any atom is 0.227 e. The number of halogens is 1. The van der Waals surface area contributed by atoms with E-state index in [1.54, 1.807) is 12.3 Å². The highest BCUT2D eigenvalue weighted by Crippen LogP contribution is 2.34. The summed E-state index contributed by atoms with van der Waals surface area (Å²) in [6.07, 6.45) is 5.86. The van der Waals surface area contributed by atoms with E-state index in [0.29, 0.717) is 31.2 Å². The summed E-state index contributed by atoms with van der Waals surface area (Å²) < 4.78 is 24.5. The van der Waals surface area contributed by atoms with Crippen molar-refractivity contribution in [3.8, 4) is 11.5 Å². The summed E-state index contributed by atoms with van der Waals surface area (Å²) >= 11 is 0. The first-order valence-corrected chi connectivity index (χ1v) is 11.2. The van der Waals surface area contributed by atoms with Gasteiger partial charge in [-0.3, -0.25) is 9.78 Å². The third-order valence-electron chi connectivity index (χ3n) is 5.87. The minimum Gasteiger partial charge on any atom is -0.490 e. The summed E-state index contributed by atoms with van der Waals surface area (Å²) in [5, 5.41) is 3.10. The van der Waals surface area contributed by atoms with Crippen LogP contribution in [0.5, 0.6) is 11.5 Å². The number of hydrogen-bond donors (Lipinski definition) is 1. The van der Waals surface area contributed by atoms with Gasteiger partial charge < -0.3 is 19.7 Å². The van der Waals surface area contributed by atoms with E-state index in [4.69, 9.17) is 9.47 Å². The molecule has 3 aromatic rings. The van der Waals surface area contributed by atoms with E-state index in [-0.39, 0.29) is 17.8 Å². The monoisotopic (exact) mass is 448 g/mol. The average Bonchev–Trinajstić information content (AvgIpc) is 3.21. The van der Waals surface area contributed by atoms with E-state index in [1.807, 2.05) is 35.2 Å². The zero-order chi connectivity index (χ0) is 22.6. The molecule has 1 atom stereocenters. The van der Waals surface area contributed by atoms with Crippen LogP contribution in [-0.2, 0) is 11.2 Å². The molecule has 1 fully saturated rings. The number of benzene rings is 1. The summed E-state index contributed by atoms with van der Waals surface area (Å²) in [5.74, 6) is 1.67. The first-order chi connectivity index (χ1) is 16.2. The number of carbonyl (C=O) groups is 1. The number of rotatable bonds is 5. The third kappa shape index (κ3) is 4.89. The van der Waals surface area contributed by atoms with Gasteiger partial charge in [-0.25, -0.2) is 9.37 Å². The van der Waals surface area contributed by atoms with E-state index in [1.165, 1.54) is 6.07 Å². The summed E-state index contributed by atoms with van der Waals surface area (Å²) in [7, 11) is 0. The van der Waals surface area contributed by atoms with E-state index < -0.39 is 0 Å². The van der Waals surface area contributed by atoms with Gasteiger partial charge in [0.15, 0.2) is 11.5 Å². The van der Waals surface area contributed by atoms with Gasteiger partial charge >= 0.3 is 0 Å². The molecule has 0 radical (unpaired) electrons. The Morgan fingerprint density at radius 3 is 2.70 bits per heavy atom. The molecule has 33 heavy (non-hydrogen) atoms. The van der Waals surface area contributed by atoms with Crippen molar-refractivity contribution in [1.82, 2.24) is 14.9 Å². The van der Waals surface area contributed by atoms with Gasteiger partial charge in [0.05, 0.1) is 49.5 Å². The van der Waals surface area contributed by atoms with Gasteiger partial charge in [0, 0.05) is 13.0 Å². The van der Waals surface area contributed by atoms with Crippen molar-refractivity contribution >= 4 is 17.4 Å². The number of carbonyl (C=O) groups excluding carboxylic acids is 1. The van der Waals surface area contributed by atoms with E-state index in [9.17, 15) is 9.18 Å². The van der Waals surface area contributed by atoms with Crippen LogP contribution >= 0.6 is 0 Å². The molecule has 0 saturated carbocycles. The number of hydrogen-bond acceptors (Lipinski definition) is 6. The highest BCUT2D eigenvalue weighted by atomic mass is 19.1. The molecule has 1 N–H and O–H groups in total. The Bertz CT molecular complexity index is 1120. The van der Waals surface area contributed by atoms with Gasteiger partial charge in [0.25, 0.3) is 0 Å². The first kappa shape index (κ1) is 21.2. The van der Waals surface area contributed by atoms with Crippen LogP contribution in [0.3, 0.4) is 0 Å². The van der Waals surface area contributed by atoms with E-state index in [0.717, 1.165) is 54.7 Å². The predicted molar refractivity (Wildman–Crippen MR) is 121 cm³/mol. The minimum atomic E-state index is -0.383. The van der Waals surface area contributed by atoms with Crippen molar-refractivity contribution in [2.24, 2.45) is 0 Å². The van der Waals surface area contributed by atoms with Crippen molar-refractivity contribution in [2.45, 2.75) is 31.7 Å². The van der Waals surface area contributed by atoms with Crippen LogP contribution in [-0.4, -0.2) is 40.5 Å². The van der Waals surface area contributed by atoms with E-state index >= 15 is 0 Å². The van der Waals surface area contributed by atoms with Crippen molar-refractivity contribution in [3.63, 3.8) is 0 Å². The van der Waals surface area contributed by atoms with Gasteiger partial charge in [-0.05, 0) is 54.8 Å². The van der Waals surface area contributed by atoms with Gasteiger partial charge in [-0.1, -0.05) is 6.07 Å². The van der Waals surface area contributed by atoms with Crippen LogP contribution < -0.4 is 14.8 Å². The second kappa shape index (κ2) is 9.44. The second-order valence-electron chi connectivity index (χ2n) is 8.21. The Morgan fingerprint density at radius 1 is 1.03 bits per heavy atom. The van der Waals surface area contributed by atoms with Gasteiger partial charge in [-0.15, -0.1) is 0 Å². The molecule has 1 aromatic carbocycles. The molecule has 2 aliphatic rings. The average molecular weight is 448 g/mol. The Hall–Kier alpha value is -3.68. The molecule has 0 aliphatic carbocycles. The van der Waals surface area contributed by atoms with Crippen LogP contribution in [0.1, 0.15) is 36.6 Å². The van der Waals surface area contributed by atoms with Gasteiger partial charge in [0.2, 0.25) is 5.91 Å². The zero-order valence-corrected chi connectivity index (χ0v) is 18.2. The topological polar surface area (TPSA) is 76.6 Å². The third-order valence-corrected chi connectivity index (χ3v) is 5.87. The quantitative estimate of drug-likeness (QED) is 0.623. The highest BCUT2D eigenvalue weighted by Gasteiger charge is 2.31. The molecule has 8 heteroatoms. The Kier molecular flexibility index (Phi) is 6.06. The Balaban J connectivity index is 1.25. The van der Waals surface area contributed by atoms with Crippen LogP contribution in [0, 0.1) is 5.82 Å². The fraction of sp³-hybridized carbons (Fsp3) is 0.320. The minimum absolute atomic E-state index is 0.0455. The summed E-state index contributed by atoms with van der Waals surface area (Å²) in [6.45, 7) is 1.98. The molecule has 7 nitrogen and oxygen atoms in total. The molecule has 4 heterocycles. The number of ether oxygens (including phenoxy) is 2. The van der Waals surface area contributed by atoms with Crippen molar-refractivity contribution in [3.05, 3.63) is 71.9 Å². The number of anilines is 2. The number of amides is 1. The van der Waals surface area contributed by atoms with Crippen molar-refractivity contribution < 1.29 is 18.7 Å². The molecular weight excluding hydrogens is 423 g/mol. The van der Waals surface area contributed by atoms with Crippen LogP contribution in [0.15, 0.2) is 54.9 Å². The smallest absolute Gasteiger partial charge is 0.227 e. The molecule has 2 aliphatic heterocycles. The fourth-order valence-corrected chi connectivity index (χ4v) is 4.24. The number of likely N-dealkylation sites (tertiary alicyclic amines) is 1. The number of nitrogens with one attached hydrogen (secondary N) is 1. The van der Waals surface area contributed by atoms with Gasteiger partial charge in [-0.2, -0.15) is 0 Å². The standard InChI is InChI=1S/C25H25FN4O3/c26-18-5-9-24(28-15-18)29-19-6-7-20(27-16-19)21-3-1-10-30(21)25(31)14-17-4-8-22-23(13-17)33-12-2-11-32-22/h4-9,13,15-16,21H,1-3,10-12,14H2,(H,28,29)/t21-/m0/s1. The molecule has 0 bridgehead atoms. The lowest BCUT2D eigenvalue weighted by Crippen LogP contribution is -2.32. The molecule has 1 amide bonds. The number of fused-ring (bicyclic) bond motifs is 1. The lowest BCUT2D eigenvalue weighted by Gasteiger charge is -2.25. The molecule has 1 saturated heterocycles. The maximum absolute atomic E-state index is 13.1. The van der Waals surface area contributed by atoms with Gasteiger partial charge in [0.1, 0.15) is 11.6 Å². The molecule has 0 spiro atoms. The second-order valence-corrected chi connectivity index (χ2v) is 8.21. The highest BCUT2D eigenvalue weighted by molar-refractivity contribution is 5.79. The molecule has 5 rings (SSSR count). The molecule has 170 valence electrons. The predicted octanol–water partition coefficient (Wildman–Crippen LogP) is 4.43. The van der Waals surface area contributed by atoms with Crippen molar-refractivity contribution in [2.75, 3.05) is 25.1 Å². The SMILES string of the molecule is O=C(Cc1ccc2c(c1)OCCCO2)N1CCC[C@H]1c1ccc(Nc2ccc(F)cn2)cn1. The summed E-state index contributed by atoms with van der Waals surface area (Å²) in [4.78, 5) is 23.6. The van der Waals surface area contributed by atoms with E-state index in [2.05, 4.69) is 15.3 Å². The first-order valence-electron chi connectivity index (χ1n) is 11.2. The lowest BCUT2D eigenvalue weighted by atomic mass is 10.1. The summed E-state index contributed by atoms with van der Waals surface area (Å²) in [5.41, 5.74) is 2.52. The summed E-state index contributed by atoms with van der Waals surface area (Å²) in [6, 6.07) is 12.4. The van der Waals surface area contributed by atoms with Crippen molar-refractivity contribution in [1.29, 1.82) is 0 Å². The number of aromatic nitrogens is 2.